The van der Waals surface area contributed by atoms with E-state index >= 15 is 0 Å². The number of thioether (sulfide) groups is 1. The van der Waals surface area contributed by atoms with Crippen molar-refractivity contribution in [3.8, 4) is 0 Å². The summed E-state index contributed by atoms with van der Waals surface area (Å²) in [5.74, 6) is 2.51. The van der Waals surface area contributed by atoms with Crippen LogP contribution in [0.15, 0.2) is 4.34 Å². The average molecular weight is 301 g/mol. The van der Waals surface area contributed by atoms with Gasteiger partial charge in [-0.25, -0.2) is 4.98 Å². The number of rotatable bonds is 7. The molecule has 2 rings (SSSR count). The molecule has 2 unspecified atom stereocenters. The lowest BCUT2D eigenvalue weighted by Crippen LogP contribution is -2.51. The van der Waals surface area contributed by atoms with Gasteiger partial charge in [-0.1, -0.05) is 25.1 Å². The predicted octanol–water partition coefficient (Wildman–Crippen LogP) is 2.47. The fourth-order valence-electron chi connectivity index (χ4n) is 3.04. The molecular weight excluding hydrogens is 278 g/mol. The van der Waals surface area contributed by atoms with Gasteiger partial charge in [-0.2, -0.15) is 4.37 Å². The van der Waals surface area contributed by atoms with Crippen LogP contribution >= 0.6 is 23.3 Å². The van der Waals surface area contributed by atoms with Crippen molar-refractivity contribution in [1.29, 1.82) is 0 Å². The summed E-state index contributed by atoms with van der Waals surface area (Å²) in [5, 5.41) is 13.3. The van der Waals surface area contributed by atoms with Gasteiger partial charge < -0.3 is 10.4 Å². The lowest BCUT2D eigenvalue weighted by Gasteiger charge is -2.34. The van der Waals surface area contributed by atoms with Gasteiger partial charge in [0.2, 0.25) is 0 Å². The van der Waals surface area contributed by atoms with Crippen molar-refractivity contribution in [3.63, 3.8) is 0 Å². The number of nitrogens with one attached hydrogen (secondary N) is 1. The first-order chi connectivity index (χ1) is 9.20. The summed E-state index contributed by atoms with van der Waals surface area (Å²) in [6.07, 6.45) is 4.69. The third kappa shape index (κ3) is 3.68. The van der Waals surface area contributed by atoms with E-state index in [2.05, 4.69) is 21.6 Å². The molecule has 19 heavy (non-hydrogen) atoms. The number of hydrogen-bond acceptors (Lipinski definition) is 6. The molecule has 2 N–H and O–H groups in total. The molecule has 2 atom stereocenters. The summed E-state index contributed by atoms with van der Waals surface area (Å²) in [5.41, 5.74) is -0.0354. The number of aliphatic hydroxyl groups is 1. The predicted molar refractivity (Wildman–Crippen MR) is 80.8 cm³/mol. The Morgan fingerprint density at radius 2 is 2.42 bits per heavy atom. The zero-order valence-electron chi connectivity index (χ0n) is 11.7. The van der Waals surface area contributed by atoms with Gasteiger partial charge in [-0.3, -0.25) is 0 Å². The molecule has 4 nitrogen and oxygen atoms in total. The molecule has 0 aliphatic heterocycles. The summed E-state index contributed by atoms with van der Waals surface area (Å²) in [4.78, 5) is 4.37. The van der Waals surface area contributed by atoms with Gasteiger partial charge in [-0.15, -0.1) is 0 Å². The number of aromatic nitrogens is 2. The summed E-state index contributed by atoms with van der Waals surface area (Å²) < 4.78 is 5.26. The van der Waals surface area contributed by atoms with Gasteiger partial charge in [0.25, 0.3) is 0 Å². The molecule has 0 radical (unpaired) electrons. The van der Waals surface area contributed by atoms with Crippen LogP contribution in [0.3, 0.4) is 0 Å². The maximum atomic E-state index is 9.75. The highest BCUT2D eigenvalue weighted by atomic mass is 32.2. The first kappa shape index (κ1) is 15.2. The number of likely N-dealkylation sites (N-methyl/N-ethyl adjacent to an activating group) is 1. The second-order valence-electron chi connectivity index (χ2n) is 5.18. The van der Waals surface area contributed by atoms with E-state index in [1.54, 1.807) is 11.8 Å². The largest absolute Gasteiger partial charge is 0.394 e. The quantitative estimate of drug-likeness (QED) is 0.758. The first-order valence-electron chi connectivity index (χ1n) is 6.99. The van der Waals surface area contributed by atoms with Crippen LogP contribution in [-0.2, 0) is 0 Å². The molecule has 1 fully saturated rings. The van der Waals surface area contributed by atoms with Crippen LogP contribution in [0.5, 0.6) is 0 Å². The highest BCUT2D eigenvalue weighted by Crippen LogP contribution is 2.38. The van der Waals surface area contributed by atoms with Gasteiger partial charge in [-0.05, 0) is 50.2 Å². The van der Waals surface area contributed by atoms with E-state index in [-0.39, 0.29) is 12.1 Å². The third-order valence-corrected chi connectivity index (χ3v) is 5.93. The Morgan fingerprint density at radius 3 is 3.05 bits per heavy atom. The van der Waals surface area contributed by atoms with Crippen molar-refractivity contribution in [1.82, 2.24) is 14.7 Å². The number of aliphatic hydroxyl groups excluding tert-OH is 1. The number of nitrogens with zero attached hydrogens (tertiary/aromatic N) is 2. The average Bonchev–Trinajstić information content (AvgIpc) is 2.98. The van der Waals surface area contributed by atoms with E-state index in [4.69, 9.17) is 0 Å². The SMILES string of the molecule is CCNC1(CO)CCCC1CCSc1nc(C)ns1. The van der Waals surface area contributed by atoms with E-state index in [9.17, 15) is 5.11 Å². The molecule has 108 valence electrons. The van der Waals surface area contributed by atoms with Crippen LogP contribution in [0, 0.1) is 12.8 Å². The normalized spacial score (nSPS) is 27.0. The highest BCUT2D eigenvalue weighted by Gasteiger charge is 2.41. The van der Waals surface area contributed by atoms with Crippen LogP contribution in [0.25, 0.3) is 0 Å². The maximum absolute atomic E-state index is 9.75. The zero-order valence-corrected chi connectivity index (χ0v) is 13.3. The molecule has 1 aliphatic rings. The Labute approximate surface area is 123 Å². The molecule has 1 aromatic heterocycles. The Morgan fingerprint density at radius 1 is 1.58 bits per heavy atom. The standard InChI is InChI=1S/C13H23N3OS2/c1-3-14-13(9-17)7-4-5-11(13)6-8-18-12-15-10(2)16-19-12/h11,14,17H,3-9H2,1-2H3. The minimum atomic E-state index is -0.0354. The molecular formula is C13H23N3OS2. The molecule has 0 aromatic carbocycles. The Bertz CT molecular complexity index is 399. The number of aryl methyl sites for hydroxylation is 1. The lowest BCUT2D eigenvalue weighted by molar-refractivity contribution is 0.124. The van der Waals surface area contributed by atoms with E-state index in [0.717, 1.165) is 35.3 Å². The van der Waals surface area contributed by atoms with Crippen LogP contribution in [0.4, 0.5) is 0 Å². The highest BCUT2D eigenvalue weighted by molar-refractivity contribution is 8.00. The molecule has 1 saturated carbocycles. The molecule has 1 heterocycles. The fourth-order valence-corrected chi connectivity index (χ4v) is 4.81. The monoisotopic (exact) mass is 301 g/mol. The topological polar surface area (TPSA) is 58.0 Å². The lowest BCUT2D eigenvalue weighted by atomic mass is 9.86. The van der Waals surface area contributed by atoms with Crippen molar-refractivity contribution in [2.75, 3.05) is 18.9 Å². The van der Waals surface area contributed by atoms with Crippen molar-refractivity contribution >= 4 is 23.3 Å². The van der Waals surface area contributed by atoms with Crippen molar-refractivity contribution in [3.05, 3.63) is 5.82 Å². The van der Waals surface area contributed by atoms with Crippen LogP contribution in [0.1, 0.15) is 38.4 Å². The minimum Gasteiger partial charge on any atom is -0.394 e. The second-order valence-corrected chi connectivity index (χ2v) is 7.27. The van der Waals surface area contributed by atoms with Gasteiger partial charge in [0.15, 0.2) is 4.34 Å². The van der Waals surface area contributed by atoms with E-state index in [0.29, 0.717) is 5.92 Å². The minimum absolute atomic E-state index is 0.0354. The van der Waals surface area contributed by atoms with E-state index < -0.39 is 0 Å². The van der Waals surface area contributed by atoms with Gasteiger partial charge >= 0.3 is 0 Å². The van der Waals surface area contributed by atoms with Crippen molar-refractivity contribution < 1.29 is 5.11 Å². The molecule has 0 amide bonds. The Hall–Kier alpha value is -0.170. The smallest absolute Gasteiger partial charge is 0.170 e. The second kappa shape index (κ2) is 7.02. The van der Waals surface area contributed by atoms with Gasteiger partial charge in [0, 0.05) is 11.3 Å². The molecule has 0 bridgehead atoms. The molecule has 0 saturated heterocycles. The molecule has 6 heteroatoms. The fraction of sp³-hybridized carbons (Fsp3) is 0.846. The Kier molecular flexibility index (Phi) is 5.62. The van der Waals surface area contributed by atoms with E-state index in [1.807, 2.05) is 6.92 Å². The maximum Gasteiger partial charge on any atom is 0.170 e. The van der Waals surface area contributed by atoms with Gasteiger partial charge in [0.1, 0.15) is 5.82 Å². The summed E-state index contributed by atoms with van der Waals surface area (Å²) in [6.45, 7) is 5.24. The Balaban J connectivity index is 1.84. The molecule has 0 spiro atoms. The van der Waals surface area contributed by atoms with Crippen LogP contribution in [0.2, 0.25) is 0 Å². The van der Waals surface area contributed by atoms with Crippen molar-refractivity contribution in [2.24, 2.45) is 5.92 Å². The van der Waals surface area contributed by atoms with E-state index in [1.165, 1.54) is 24.4 Å². The molecule has 1 aromatic rings. The summed E-state index contributed by atoms with van der Waals surface area (Å²) in [6, 6.07) is 0. The zero-order chi connectivity index (χ0) is 13.7. The summed E-state index contributed by atoms with van der Waals surface area (Å²) in [7, 11) is 0. The summed E-state index contributed by atoms with van der Waals surface area (Å²) >= 11 is 3.28. The molecule has 1 aliphatic carbocycles. The van der Waals surface area contributed by atoms with Crippen LogP contribution < -0.4 is 5.32 Å². The van der Waals surface area contributed by atoms with Gasteiger partial charge in [0.05, 0.1) is 6.61 Å². The first-order valence-corrected chi connectivity index (χ1v) is 8.75. The van der Waals surface area contributed by atoms with Crippen molar-refractivity contribution in [2.45, 2.75) is 49.4 Å². The number of hydrogen-bond donors (Lipinski definition) is 2. The third-order valence-electron chi connectivity index (χ3n) is 3.97. The van der Waals surface area contributed by atoms with Crippen LogP contribution in [-0.4, -0.2) is 38.9 Å².